The second-order valence-electron chi connectivity index (χ2n) is 7.68. The molecule has 0 aliphatic heterocycles. The van der Waals surface area contributed by atoms with Gasteiger partial charge in [-0.05, 0) is 17.7 Å². The molecule has 9 heteroatoms. The Balaban J connectivity index is 1.57. The summed E-state index contributed by atoms with van der Waals surface area (Å²) in [7, 11) is 3.05. The van der Waals surface area contributed by atoms with E-state index in [1.807, 2.05) is 66.7 Å². The summed E-state index contributed by atoms with van der Waals surface area (Å²) in [4.78, 5) is 34.5. The van der Waals surface area contributed by atoms with Gasteiger partial charge >= 0.3 is 5.69 Å². The van der Waals surface area contributed by atoms with E-state index < -0.39 is 11.2 Å². The zero-order valence-corrected chi connectivity index (χ0v) is 18.1. The summed E-state index contributed by atoms with van der Waals surface area (Å²) in [5.41, 5.74) is 5.23. The number of aromatic nitrogens is 5. The van der Waals surface area contributed by atoms with Gasteiger partial charge in [0.1, 0.15) is 0 Å². The third kappa shape index (κ3) is 3.69. The lowest BCUT2D eigenvalue weighted by molar-refractivity contribution is 0.702. The first kappa shape index (κ1) is 20.4. The Kier molecular flexibility index (Phi) is 5.06. The van der Waals surface area contributed by atoms with Crippen LogP contribution < -0.4 is 16.7 Å². The van der Waals surface area contributed by atoms with Crippen molar-refractivity contribution in [3.63, 3.8) is 0 Å². The summed E-state index contributed by atoms with van der Waals surface area (Å²) < 4.78 is 4.17. The number of pyridine rings is 1. The van der Waals surface area contributed by atoms with Gasteiger partial charge in [0, 0.05) is 19.5 Å². The van der Waals surface area contributed by atoms with Crippen molar-refractivity contribution in [3.05, 3.63) is 98.8 Å². The molecule has 164 valence electrons. The zero-order valence-electron chi connectivity index (χ0n) is 18.1. The molecule has 5 aromatic rings. The van der Waals surface area contributed by atoms with Gasteiger partial charge in [-0.2, -0.15) is 10.1 Å². The number of nitrogens with zero attached hydrogens (tertiary/aromatic N) is 6. The van der Waals surface area contributed by atoms with Gasteiger partial charge < -0.3 is 0 Å². The molecule has 0 unspecified atom stereocenters. The normalized spacial score (nSPS) is 11.6. The maximum Gasteiger partial charge on any atom is 0.332 e. The lowest BCUT2D eigenvalue weighted by atomic mass is 10.2. The van der Waals surface area contributed by atoms with Crippen LogP contribution in [0.4, 0.5) is 5.95 Å². The molecule has 0 saturated carbocycles. The van der Waals surface area contributed by atoms with Crippen molar-refractivity contribution in [2.75, 3.05) is 5.43 Å². The average molecular weight is 439 g/mol. The van der Waals surface area contributed by atoms with Crippen LogP contribution in [0.25, 0.3) is 22.1 Å². The van der Waals surface area contributed by atoms with Gasteiger partial charge in [0.25, 0.3) is 5.56 Å². The highest BCUT2D eigenvalue weighted by Crippen LogP contribution is 2.18. The SMILES string of the molecule is Cn1c(=O)c2c(nc(NN=Cc3ccc4ccccc4n3)n2Cc2ccccc2)n(C)c1=O. The molecule has 9 nitrogen and oxygen atoms in total. The molecule has 0 aliphatic rings. The minimum atomic E-state index is -0.438. The highest BCUT2D eigenvalue weighted by atomic mass is 16.2. The largest absolute Gasteiger partial charge is 0.332 e. The summed E-state index contributed by atoms with van der Waals surface area (Å²) >= 11 is 0. The second kappa shape index (κ2) is 8.19. The molecule has 0 radical (unpaired) electrons. The van der Waals surface area contributed by atoms with Crippen molar-refractivity contribution >= 4 is 34.2 Å². The maximum atomic E-state index is 13.0. The minimum Gasteiger partial charge on any atom is -0.298 e. The van der Waals surface area contributed by atoms with Gasteiger partial charge in [0.2, 0.25) is 5.95 Å². The van der Waals surface area contributed by atoms with E-state index in [0.717, 1.165) is 21.0 Å². The fourth-order valence-electron chi connectivity index (χ4n) is 3.76. The van der Waals surface area contributed by atoms with Gasteiger partial charge in [0.15, 0.2) is 11.2 Å². The van der Waals surface area contributed by atoms with Crippen molar-refractivity contribution in [3.8, 4) is 0 Å². The average Bonchev–Trinajstić information content (AvgIpc) is 3.20. The standard InChI is InChI=1S/C24H21N7O2/c1-29-21-20(22(32)30(2)24(29)33)31(15-16-8-4-3-5-9-16)23(27-21)28-25-14-18-13-12-17-10-6-7-11-19(17)26-18/h3-14H,15H2,1-2H3,(H,27,28). The lowest BCUT2D eigenvalue weighted by Crippen LogP contribution is -2.37. The maximum absolute atomic E-state index is 13.0. The number of para-hydroxylation sites is 1. The first-order chi connectivity index (χ1) is 16.0. The Morgan fingerprint density at radius 2 is 1.67 bits per heavy atom. The minimum absolute atomic E-state index is 0.292. The lowest BCUT2D eigenvalue weighted by Gasteiger charge is -2.09. The Labute approximate surface area is 188 Å². The number of rotatable bonds is 5. The summed E-state index contributed by atoms with van der Waals surface area (Å²) in [5.74, 6) is 0.351. The molecule has 0 atom stereocenters. The summed E-state index contributed by atoms with van der Waals surface area (Å²) in [6, 6.07) is 21.4. The number of fused-ring (bicyclic) bond motifs is 2. The Hall–Kier alpha value is -4.53. The van der Waals surface area contributed by atoms with E-state index in [1.54, 1.807) is 17.8 Å². The number of nitrogens with one attached hydrogen (secondary N) is 1. The highest BCUT2D eigenvalue weighted by molar-refractivity contribution is 5.85. The molecule has 0 aliphatic carbocycles. The molecule has 1 N–H and O–H groups in total. The summed E-state index contributed by atoms with van der Waals surface area (Å²) in [6.07, 6.45) is 1.59. The molecule has 2 aromatic carbocycles. The van der Waals surface area contributed by atoms with Gasteiger partial charge in [0.05, 0.1) is 24.0 Å². The molecular weight excluding hydrogens is 418 g/mol. The molecule has 5 rings (SSSR count). The van der Waals surface area contributed by atoms with E-state index in [4.69, 9.17) is 0 Å². The predicted molar refractivity (Wildman–Crippen MR) is 129 cm³/mol. The van der Waals surface area contributed by atoms with Crippen LogP contribution in [0.1, 0.15) is 11.3 Å². The van der Waals surface area contributed by atoms with Crippen LogP contribution in [0.3, 0.4) is 0 Å². The Morgan fingerprint density at radius 1 is 0.909 bits per heavy atom. The van der Waals surface area contributed by atoms with Crippen LogP contribution in [-0.2, 0) is 20.6 Å². The van der Waals surface area contributed by atoms with E-state index in [1.165, 1.54) is 11.6 Å². The number of aryl methyl sites for hydroxylation is 1. The van der Waals surface area contributed by atoms with Gasteiger partial charge in [-0.15, -0.1) is 0 Å². The van der Waals surface area contributed by atoms with Crippen molar-refractivity contribution in [2.45, 2.75) is 6.54 Å². The molecule has 3 heterocycles. The van der Waals surface area contributed by atoms with Crippen LogP contribution >= 0.6 is 0 Å². The van der Waals surface area contributed by atoms with E-state index in [2.05, 4.69) is 20.5 Å². The third-order valence-electron chi connectivity index (χ3n) is 5.51. The van der Waals surface area contributed by atoms with Crippen molar-refractivity contribution in [2.24, 2.45) is 19.2 Å². The molecular formula is C24H21N7O2. The topological polar surface area (TPSA) is 99.1 Å². The third-order valence-corrected chi connectivity index (χ3v) is 5.51. The van der Waals surface area contributed by atoms with Crippen molar-refractivity contribution in [1.29, 1.82) is 0 Å². The molecule has 3 aromatic heterocycles. The van der Waals surface area contributed by atoms with Crippen LogP contribution in [0, 0.1) is 0 Å². The fourth-order valence-corrected chi connectivity index (χ4v) is 3.76. The monoisotopic (exact) mass is 439 g/mol. The molecule has 0 spiro atoms. The van der Waals surface area contributed by atoms with Crippen LogP contribution in [0.2, 0.25) is 0 Å². The molecule has 33 heavy (non-hydrogen) atoms. The number of imidazole rings is 1. The number of hydrogen-bond acceptors (Lipinski definition) is 6. The zero-order chi connectivity index (χ0) is 22.9. The predicted octanol–water partition coefficient (Wildman–Crippen LogP) is 2.48. The Bertz CT molecular complexity index is 1630. The van der Waals surface area contributed by atoms with Crippen LogP contribution in [0.5, 0.6) is 0 Å². The number of benzene rings is 2. The first-order valence-corrected chi connectivity index (χ1v) is 10.4. The second-order valence-corrected chi connectivity index (χ2v) is 7.68. The van der Waals surface area contributed by atoms with E-state index in [-0.39, 0.29) is 0 Å². The summed E-state index contributed by atoms with van der Waals surface area (Å²) in [5, 5.41) is 5.35. The molecule has 0 fully saturated rings. The smallest absolute Gasteiger partial charge is 0.298 e. The van der Waals surface area contributed by atoms with Gasteiger partial charge in [-0.25, -0.2) is 15.2 Å². The van der Waals surface area contributed by atoms with E-state index >= 15 is 0 Å². The van der Waals surface area contributed by atoms with Gasteiger partial charge in [-0.1, -0.05) is 54.6 Å². The van der Waals surface area contributed by atoms with Crippen LogP contribution in [-0.4, -0.2) is 29.9 Å². The Morgan fingerprint density at radius 3 is 2.48 bits per heavy atom. The van der Waals surface area contributed by atoms with Gasteiger partial charge in [-0.3, -0.25) is 18.5 Å². The van der Waals surface area contributed by atoms with E-state index in [9.17, 15) is 9.59 Å². The highest BCUT2D eigenvalue weighted by Gasteiger charge is 2.19. The fraction of sp³-hybridized carbons (Fsp3) is 0.125. The number of hydrogen-bond donors (Lipinski definition) is 1. The quantitative estimate of drug-likeness (QED) is 0.335. The number of anilines is 1. The molecule has 0 amide bonds. The van der Waals surface area contributed by atoms with Crippen LogP contribution in [0.15, 0.2) is 81.4 Å². The van der Waals surface area contributed by atoms with E-state index in [0.29, 0.717) is 29.4 Å². The number of hydrazone groups is 1. The van der Waals surface area contributed by atoms with Crippen molar-refractivity contribution in [1.82, 2.24) is 23.7 Å². The summed E-state index contributed by atoms with van der Waals surface area (Å²) in [6.45, 7) is 0.386. The van der Waals surface area contributed by atoms with Crippen molar-refractivity contribution < 1.29 is 0 Å². The molecule has 0 bridgehead atoms. The first-order valence-electron chi connectivity index (χ1n) is 10.4. The molecule has 0 saturated heterocycles.